The van der Waals surface area contributed by atoms with Crippen LogP contribution in [-0.2, 0) is 11.3 Å². The summed E-state index contributed by atoms with van der Waals surface area (Å²) in [5.41, 5.74) is 1.21. The van der Waals surface area contributed by atoms with Crippen LogP contribution < -0.4 is 15.8 Å². The van der Waals surface area contributed by atoms with E-state index >= 15 is 0 Å². The van der Waals surface area contributed by atoms with Crippen molar-refractivity contribution in [2.75, 3.05) is 10.2 Å². The number of carbonyl (C=O) groups is 1. The summed E-state index contributed by atoms with van der Waals surface area (Å²) in [6.07, 6.45) is 0.786. The van der Waals surface area contributed by atoms with E-state index in [4.69, 9.17) is 0 Å². The molecule has 1 aromatic carbocycles. The van der Waals surface area contributed by atoms with Gasteiger partial charge in [-0.2, -0.15) is 4.98 Å². The van der Waals surface area contributed by atoms with Crippen molar-refractivity contribution in [3.8, 4) is 5.88 Å². The number of aromatic amines is 1. The number of H-pyrrole nitrogens is 1. The summed E-state index contributed by atoms with van der Waals surface area (Å²) >= 11 is 0. The van der Waals surface area contributed by atoms with Crippen LogP contribution in [-0.4, -0.2) is 27.0 Å². The predicted octanol–water partition coefficient (Wildman–Crippen LogP) is 1.85. The minimum absolute atomic E-state index is 0.0342. The predicted molar refractivity (Wildman–Crippen MR) is 91.0 cm³/mol. The summed E-state index contributed by atoms with van der Waals surface area (Å²) in [6, 6.07) is 8.03. The van der Waals surface area contributed by atoms with E-state index in [-0.39, 0.29) is 23.7 Å². The lowest BCUT2D eigenvalue weighted by Crippen LogP contribution is -2.47. The highest BCUT2D eigenvalue weighted by Gasteiger charge is 2.35. The molecule has 0 spiro atoms. The molecule has 7 nitrogen and oxygen atoms in total. The molecule has 1 aliphatic heterocycles. The number of carbonyl (C=O) groups excluding carboxylic acids is 1. The molecule has 0 radical (unpaired) electrons. The summed E-state index contributed by atoms with van der Waals surface area (Å²) in [5, 5.41) is 12.6. The van der Waals surface area contributed by atoms with Crippen molar-refractivity contribution in [3.63, 3.8) is 0 Å². The fourth-order valence-corrected chi connectivity index (χ4v) is 2.97. The number of fused-ring (bicyclic) bond motifs is 1. The lowest BCUT2D eigenvalue weighted by atomic mass is 9.97. The Morgan fingerprint density at radius 2 is 2.12 bits per heavy atom. The first-order chi connectivity index (χ1) is 11.5. The first-order valence-electron chi connectivity index (χ1n) is 7.95. The van der Waals surface area contributed by atoms with E-state index in [9.17, 15) is 14.7 Å². The van der Waals surface area contributed by atoms with E-state index in [0.29, 0.717) is 6.54 Å². The maximum atomic E-state index is 12.8. The van der Waals surface area contributed by atoms with Gasteiger partial charge in [0.2, 0.25) is 17.7 Å². The Morgan fingerprint density at radius 1 is 1.38 bits per heavy atom. The number of aromatic nitrogens is 2. The van der Waals surface area contributed by atoms with Gasteiger partial charge >= 0.3 is 0 Å². The number of nitrogens with one attached hydrogen (secondary N) is 2. The Balaban J connectivity index is 2.13. The van der Waals surface area contributed by atoms with Crippen LogP contribution in [0.1, 0.15) is 25.8 Å². The molecular weight excluding hydrogens is 308 g/mol. The molecule has 1 amide bonds. The molecule has 1 aliphatic rings. The van der Waals surface area contributed by atoms with Crippen molar-refractivity contribution in [2.45, 2.75) is 32.9 Å². The molecule has 1 aromatic heterocycles. The second kappa shape index (κ2) is 6.35. The fourth-order valence-electron chi connectivity index (χ4n) is 2.97. The molecule has 126 valence electrons. The van der Waals surface area contributed by atoms with E-state index in [0.717, 1.165) is 23.7 Å². The summed E-state index contributed by atoms with van der Waals surface area (Å²) < 4.78 is 0. The van der Waals surface area contributed by atoms with Gasteiger partial charge in [0.05, 0.1) is 6.07 Å². The highest BCUT2D eigenvalue weighted by molar-refractivity contribution is 5.98. The molecule has 3 rings (SSSR count). The van der Waals surface area contributed by atoms with Gasteiger partial charge in [-0.1, -0.05) is 38.5 Å². The van der Waals surface area contributed by atoms with Crippen LogP contribution in [0.5, 0.6) is 5.88 Å². The van der Waals surface area contributed by atoms with Gasteiger partial charge in [-0.15, -0.1) is 0 Å². The maximum Gasteiger partial charge on any atom is 0.256 e. The Hall–Kier alpha value is -2.83. The van der Waals surface area contributed by atoms with E-state index in [1.54, 1.807) is 4.90 Å². The van der Waals surface area contributed by atoms with Crippen LogP contribution in [0.3, 0.4) is 0 Å². The number of anilines is 2. The van der Waals surface area contributed by atoms with E-state index in [1.165, 1.54) is 0 Å². The zero-order valence-electron chi connectivity index (χ0n) is 13.6. The van der Waals surface area contributed by atoms with Crippen LogP contribution in [0.25, 0.3) is 0 Å². The molecule has 2 aromatic rings. The maximum absolute atomic E-state index is 12.8. The summed E-state index contributed by atoms with van der Waals surface area (Å²) in [7, 11) is 0. The molecule has 3 N–H and O–H groups in total. The molecule has 7 heteroatoms. The van der Waals surface area contributed by atoms with Gasteiger partial charge in [-0.3, -0.25) is 14.6 Å². The third kappa shape index (κ3) is 2.97. The number of hydrogen-bond donors (Lipinski definition) is 3. The summed E-state index contributed by atoms with van der Waals surface area (Å²) in [6.45, 7) is 4.39. The first kappa shape index (κ1) is 16.0. The molecule has 24 heavy (non-hydrogen) atoms. The van der Waals surface area contributed by atoms with E-state index in [2.05, 4.69) is 15.3 Å². The van der Waals surface area contributed by atoms with Gasteiger partial charge < -0.3 is 15.3 Å². The SMILES string of the molecule is CCC(C)[C@H]1C(=O)Nc2ccccc2CN1c1nc(O)cc(=O)[nH]1. The third-order valence-corrected chi connectivity index (χ3v) is 4.39. The van der Waals surface area contributed by atoms with Crippen molar-refractivity contribution in [3.05, 3.63) is 46.2 Å². The Labute approximate surface area is 139 Å². The number of amides is 1. The van der Waals surface area contributed by atoms with E-state index in [1.807, 2.05) is 38.1 Å². The monoisotopic (exact) mass is 328 g/mol. The average Bonchev–Trinajstić information content (AvgIpc) is 2.69. The van der Waals surface area contributed by atoms with Crippen LogP contribution in [0.2, 0.25) is 0 Å². The molecular formula is C17H20N4O3. The normalized spacial score (nSPS) is 18.5. The molecule has 0 saturated carbocycles. The number of hydrogen-bond acceptors (Lipinski definition) is 5. The fraction of sp³-hybridized carbons (Fsp3) is 0.353. The van der Waals surface area contributed by atoms with Crippen molar-refractivity contribution in [1.82, 2.24) is 9.97 Å². The van der Waals surface area contributed by atoms with Gasteiger partial charge in [0.25, 0.3) is 5.56 Å². The zero-order valence-corrected chi connectivity index (χ0v) is 13.6. The highest BCUT2D eigenvalue weighted by Crippen LogP contribution is 2.29. The zero-order chi connectivity index (χ0) is 17.3. The molecule has 1 unspecified atom stereocenters. The largest absolute Gasteiger partial charge is 0.493 e. The van der Waals surface area contributed by atoms with Crippen molar-refractivity contribution < 1.29 is 9.90 Å². The third-order valence-electron chi connectivity index (χ3n) is 4.39. The van der Waals surface area contributed by atoms with Crippen LogP contribution in [0.4, 0.5) is 11.6 Å². The number of nitrogens with zero attached hydrogens (tertiary/aromatic N) is 2. The smallest absolute Gasteiger partial charge is 0.256 e. The van der Waals surface area contributed by atoms with Gasteiger partial charge in [0.1, 0.15) is 6.04 Å². The summed E-state index contributed by atoms with van der Waals surface area (Å²) in [4.78, 5) is 32.9. The second-order valence-corrected chi connectivity index (χ2v) is 6.03. The topological polar surface area (TPSA) is 98.3 Å². The van der Waals surface area contributed by atoms with Crippen LogP contribution in [0.15, 0.2) is 35.1 Å². The molecule has 0 aliphatic carbocycles. The Kier molecular flexibility index (Phi) is 4.24. The number of rotatable bonds is 3. The molecule has 2 atom stereocenters. The Bertz CT molecular complexity index is 817. The number of benzene rings is 1. The first-order valence-corrected chi connectivity index (χ1v) is 7.95. The minimum atomic E-state index is -0.507. The standard InChI is InChI=1S/C17H20N4O3/c1-3-10(2)15-16(24)18-12-7-5-4-6-11(12)9-21(15)17-19-13(22)8-14(23)20-17/h4-8,10,15H,3,9H2,1-2H3,(H,18,24)(H2,19,20,22,23)/t10?,15-/m0/s1. The van der Waals surface area contributed by atoms with Gasteiger partial charge in [0.15, 0.2) is 0 Å². The molecule has 0 bridgehead atoms. The van der Waals surface area contributed by atoms with Gasteiger partial charge in [-0.05, 0) is 17.5 Å². The van der Waals surface area contributed by atoms with Crippen molar-refractivity contribution >= 4 is 17.5 Å². The second-order valence-electron chi connectivity index (χ2n) is 6.03. The van der Waals surface area contributed by atoms with Crippen molar-refractivity contribution in [2.24, 2.45) is 5.92 Å². The quantitative estimate of drug-likeness (QED) is 0.799. The molecule has 0 fully saturated rings. The summed E-state index contributed by atoms with van der Waals surface area (Å²) in [5.74, 6) is -0.293. The average molecular weight is 328 g/mol. The van der Waals surface area contributed by atoms with Gasteiger partial charge in [0, 0.05) is 12.2 Å². The Morgan fingerprint density at radius 3 is 2.83 bits per heavy atom. The highest BCUT2D eigenvalue weighted by atomic mass is 16.3. The van der Waals surface area contributed by atoms with Crippen LogP contribution in [0, 0.1) is 5.92 Å². The lowest BCUT2D eigenvalue weighted by Gasteiger charge is -2.32. The van der Waals surface area contributed by atoms with Crippen molar-refractivity contribution in [1.29, 1.82) is 0 Å². The lowest BCUT2D eigenvalue weighted by molar-refractivity contribution is -0.118. The van der Waals surface area contributed by atoms with E-state index < -0.39 is 11.6 Å². The molecule has 2 heterocycles. The number of para-hydroxylation sites is 1. The van der Waals surface area contributed by atoms with Gasteiger partial charge in [-0.25, -0.2) is 0 Å². The van der Waals surface area contributed by atoms with Crippen LogP contribution >= 0.6 is 0 Å². The number of aromatic hydroxyl groups is 1. The minimum Gasteiger partial charge on any atom is -0.493 e. The molecule has 0 saturated heterocycles.